The summed E-state index contributed by atoms with van der Waals surface area (Å²) in [5.74, 6) is -0.792. The van der Waals surface area contributed by atoms with Gasteiger partial charge in [0.15, 0.2) is 5.78 Å². The largest absolute Gasteiger partial charge is 0.322 e. The number of carbonyl (C=O) groups is 2. The zero-order valence-electron chi connectivity index (χ0n) is 15.3. The smallest absolute Gasteiger partial charge is 0.255 e. The summed E-state index contributed by atoms with van der Waals surface area (Å²) >= 11 is 0. The van der Waals surface area contributed by atoms with Crippen molar-refractivity contribution in [3.8, 4) is 0 Å². The van der Waals surface area contributed by atoms with Crippen molar-refractivity contribution in [3.63, 3.8) is 0 Å². The maximum Gasteiger partial charge on any atom is 0.255 e. The number of hydrogen-bond donors (Lipinski definition) is 1. The molecule has 0 spiro atoms. The second-order valence-electron chi connectivity index (χ2n) is 6.74. The normalized spacial score (nSPS) is 14.1. The minimum atomic E-state index is -3.88. The second-order valence-corrected chi connectivity index (χ2v) is 8.63. The topological polar surface area (TPSA) is 80.3 Å². The van der Waals surface area contributed by atoms with Gasteiger partial charge in [0.2, 0.25) is 9.84 Å². The summed E-state index contributed by atoms with van der Waals surface area (Å²) in [5, 5.41) is 2.81. The lowest BCUT2D eigenvalue weighted by atomic mass is 10.0. The fourth-order valence-electron chi connectivity index (χ4n) is 3.31. The number of nitrogens with one attached hydrogen (secondary N) is 1. The number of hydrogen-bond acceptors (Lipinski definition) is 4. The van der Waals surface area contributed by atoms with E-state index in [4.69, 9.17) is 0 Å². The number of aryl methyl sites for hydroxylation is 1. The third kappa shape index (κ3) is 2.73. The summed E-state index contributed by atoms with van der Waals surface area (Å²) in [4.78, 5) is 25.2. The Hall–Kier alpha value is -3.25. The average molecular weight is 391 g/mol. The fraction of sp³-hybridized carbons (Fsp3) is 0.0909. The van der Waals surface area contributed by atoms with Gasteiger partial charge in [-0.15, -0.1) is 0 Å². The number of benzene rings is 3. The van der Waals surface area contributed by atoms with E-state index < -0.39 is 15.7 Å². The van der Waals surface area contributed by atoms with Crippen molar-refractivity contribution >= 4 is 27.2 Å². The lowest BCUT2D eigenvalue weighted by molar-refractivity contribution is 0.101. The van der Waals surface area contributed by atoms with E-state index in [-0.39, 0.29) is 32.3 Å². The Morgan fingerprint density at radius 2 is 1.57 bits per heavy atom. The molecule has 0 unspecified atom stereocenters. The molecule has 1 amide bonds. The SMILES string of the molecule is Cc1cccc(NC(=O)c2ccc3c(c2)S(=O)(=O)c2ccccc2C3=O)c1C. The molecular formula is C22H17NO4S. The molecule has 3 aromatic carbocycles. The van der Waals surface area contributed by atoms with Crippen molar-refractivity contribution in [3.05, 3.63) is 88.5 Å². The van der Waals surface area contributed by atoms with Crippen molar-refractivity contribution in [1.82, 2.24) is 0 Å². The quantitative estimate of drug-likeness (QED) is 0.561. The van der Waals surface area contributed by atoms with Crippen LogP contribution in [0.25, 0.3) is 0 Å². The van der Waals surface area contributed by atoms with Crippen molar-refractivity contribution in [1.29, 1.82) is 0 Å². The molecule has 140 valence electrons. The molecule has 28 heavy (non-hydrogen) atoms. The Balaban J connectivity index is 1.77. The van der Waals surface area contributed by atoms with Gasteiger partial charge in [-0.05, 0) is 61.4 Å². The molecule has 0 bridgehead atoms. The molecule has 0 saturated heterocycles. The van der Waals surface area contributed by atoms with Crippen LogP contribution in [0.3, 0.4) is 0 Å². The van der Waals surface area contributed by atoms with Crippen LogP contribution >= 0.6 is 0 Å². The summed E-state index contributed by atoms with van der Waals surface area (Å²) in [5.41, 5.74) is 3.05. The zero-order chi connectivity index (χ0) is 20.1. The van der Waals surface area contributed by atoms with E-state index in [9.17, 15) is 18.0 Å². The van der Waals surface area contributed by atoms with E-state index in [1.165, 1.54) is 30.3 Å². The van der Waals surface area contributed by atoms with E-state index in [0.29, 0.717) is 5.69 Å². The van der Waals surface area contributed by atoms with E-state index in [0.717, 1.165) is 11.1 Å². The first-order chi connectivity index (χ1) is 13.3. The fourth-order valence-corrected chi connectivity index (χ4v) is 4.98. The van der Waals surface area contributed by atoms with Gasteiger partial charge in [0.25, 0.3) is 5.91 Å². The maximum atomic E-state index is 13.0. The van der Waals surface area contributed by atoms with Crippen LogP contribution in [0.1, 0.15) is 37.4 Å². The Morgan fingerprint density at radius 1 is 0.857 bits per heavy atom. The van der Waals surface area contributed by atoms with E-state index >= 15 is 0 Å². The Kier molecular flexibility index (Phi) is 4.16. The van der Waals surface area contributed by atoms with Gasteiger partial charge >= 0.3 is 0 Å². The molecule has 5 nitrogen and oxygen atoms in total. The zero-order valence-corrected chi connectivity index (χ0v) is 16.1. The number of fused-ring (bicyclic) bond motifs is 2. The van der Waals surface area contributed by atoms with E-state index in [1.807, 2.05) is 26.0 Å². The number of sulfone groups is 1. The number of ketones is 1. The lowest BCUT2D eigenvalue weighted by Crippen LogP contribution is -2.21. The number of rotatable bonds is 2. The number of carbonyl (C=O) groups excluding carboxylic acids is 2. The molecule has 0 radical (unpaired) electrons. The molecular weight excluding hydrogens is 374 g/mol. The number of amides is 1. The molecule has 1 aliphatic rings. The summed E-state index contributed by atoms with van der Waals surface area (Å²) in [7, 11) is -3.88. The molecule has 6 heteroatoms. The Bertz CT molecular complexity index is 1260. The van der Waals surface area contributed by atoms with Gasteiger partial charge in [0.1, 0.15) is 0 Å². The maximum absolute atomic E-state index is 13.0. The molecule has 0 aliphatic carbocycles. The van der Waals surface area contributed by atoms with Crippen LogP contribution in [0.15, 0.2) is 70.5 Å². The van der Waals surface area contributed by atoms with Crippen molar-refractivity contribution < 1.29 is 18.0 Å². The highest BCUT2D eigenvalue weighted by atomic mass is 32.2. The molecule has 0 saturated carbocycles. The molecule has 0 aromatic heterocycles. The summed E-state index contributed by atoms with van der Waals surface area (Å²) in [6.07, 6.45) is 0. The van der Waals surface area contributed by atoms with Gasteiger partial charge in [0.05, 0.1) is 9.79 Å². The molecule has 4 rings (SSSR count). The third-order valence-electron chi connectivity index (χ3n) is 5.05. The minimum Gasteiger partial charge on any atom is -0.322 e. The summed E-state index contributed by atoms with van der Waals surface area (Å²) in [6, 6.07) is 15.8. The van der Waals surface area contributed by atoms with Crippen LogP contribution in [-0.4, -0.2) is 20.1 Å². The Labute approximate surface area is 162 Å². The first-order valence-corrected chi connectivity index (χ1v) is 10.2. The van der Waals surface area contributed by atoms with Gasteiger partial charge in [-0.2, -0.15) is 0 Å². The van der Waals surface area contributed by atoms with Crippen LogP contribution in [0.5, 0.6) is 0 Å². The van der Waals surface area contributed by atoms with Gasteiger partial charge in [-0.1, -0.05) is 24.3 Å². The highest BCUT2D eigenvalue weighted by molar-refractivity contribution is 7.91. The van der Waals surface area contributed by atoms with Gasteiger partial charge in [-0.3, -0.25) is 9.59 Å². The van der Waals surface area contributed by atoms with Gasteiger partial charge in [-0.25, -0.2) is 8.42 Å². The van der Waals surface area contributed by atoms with Crippen LogP contribution in [0.4, 0.5) is 5.69 Å². The monoisotopic (exact) mass is 391 g/mol. The minimum absolute atomic E-state index is 0.0282. The molecule has 3 aromatic rings. The molecule has 1 aliphatic heterocycles. The van der Waals surface area contributed by atoms with Crippen LogP contribution in [0, 0.1) is 13.8 Å². The van der Waals surface area contributed by atoms with Crippen molar-refractivity contribution in [2.45, 2.75) is 23.6 Å². The predicted molar refractivity (Wildman–Crippen MR) is 106 cm³/mol. The first-order valence-electron chi connectivity index (χ1n) is 8.71. The highest BCUT2D eigenvalue weighted by Gasteiger charge is 2.35. The summed E-state index contributed by atoms with van der Waals surface area (Å²) in [6.45, 7) is 3.84. The van der Waals surface area contributed by atoms with Crippen LogP contribution in [0.2, 0.25) is 0 Å². The Morgan fingerprint density at radius 3 is 2.36 bits per heavy atom. The van der Waals surface area contributed by atoms with E-state index in [1.54, 1.807) is 18.2 Å². The van der Waals surface area contributed by atoms with Crippen LogP contribution < -0.4 is 5.32 Å². The third-order valence-corrected chi connectivity index (χ3v) is 6.90. The van der Waals surface area contributed by atoms with E-state index in [2.05, 4.69) is 5.32 Å². The molecule has 1 N–H and O–H groups in total. The molecule has 0 fully saturated rings. The highest BCUT2D eigenvalue weighted by Crippen LogP contribution is 2.35. The van der Waals surface area contributed by atoms with Crippen molar-refractivity contribution in [2.75, 3.05) is 5.32 Å². The number of anilines is 1. The molecule has 1 heterocycles. The van der Waals surface area contributed by atoms with Crippen LogP contribution in [-0.2, 0) is 9.84 Å². The molecule has 0 atom stereocenters. The lowest BCUT2D eigenvalue weighted by Gasteiger charge is -2.19. The van der Waals surface area contributed by atoms with Gasteiger partial charge in [0, 0.05) is 22.4 Å². The second kappa shape index (κ2) is 6.42. The van der Waals surface area contributed by atoms with Gasteiger partial charge < -0.3 is 5.32 Å². The predicted octanol–water partition coefficient (Wildman–Crippen LogP) is 3.93. The standard InChI is InChI=1S/C22H17NO4S/c1-13-6-5-8-18(14(13)2)23-22(25)15-10-11-17-20(12-15)28(26,27)19-9-4-3-7-16(19)21(17)24/h3-12H,1-2H3,(H,23,25). The first kappa shape index (κ1) is 18.1. The average Bonchev–Trinajstić information content (AvgIpc) is 2.69. The summed E-state index contributed by atoms with van der Waals surface area (Å²) < 4.78 is 26.0. The van der Waals surface area contributed by atoms with Crippen molar-refractivity contribution in [2.24, 2.45) is 0 Å².